The van der Waals surface area contributed by atoms with E-state index in [2.05, 4.69) is 25.5 Å². The first-order valence-electron chi connectivity index (χ1n) is 8.82. The van der Waals surface area contributed by atoms with E-state index in [9.17, 15) is 9.59 Å². The molecule has 28 heavy (non-hydrogen) atoms. The second-order valence-corrected chi connectivity index (χ2v) is 6.62. The van der Waals surface area contributed by atoms with E-state index in [-0.39, 0.29) is 17.5 Å². The second-order valence-electron chi connectivity index (χ2n) is 6.62. The van der Waals surface area contributed by atoms with Gasteiger partial charge in [0.25, 0.3) is 11.5 Å². The molecule has 3 heterocycles. The lowest BCUT2D eigenvalue weighted by Crippen LogP contribution is -2.22. The molecule has 0 aliphatic carbocycles. The maximum atomic E-state index is 12.6. The number of hydrogen-bond donors (Lipinski definition) is 2. The van der Waals surface area contributed by atoms with Gasteiger partial charge in [0.05, 0.1) is 22.9 Å². The number of hydrogen-bond acceptors (Lipinski definition) is 5. The van der Waals surface area contributed by atoms with Crippen molar-refractivity contribution < 1.29 is 4.79 Å². The van der Waals surface area contributed by atoms with Crippen LogP contribution in [0.25, 0.3) is 22.3 Å². The molecular weight excluding hydrogens is 356 g/mol. The Hall–Kier alpha value is -3.81. The van der Waals surface area contributed by atoms with Crippen LogP contribution in [0.3, 0.4) is 0 Å². The molecule has 8 nitrogen and oxygen atoms in total. The zero-order valence-electron chi connectivity index (χ0n) is 15.4. The number of pyridine rings is 1. The third-order valence-electron chi connectivity index (χ3n) is 4.35. The molecule has 2 N–H and O–H groups in total. The first-order chi connectivity index (χ1) is 13.5. The summed E-state index contributed by atoms with van der Waals surface area (Å²) in [4.78, 5) is 33.7. The smallest absolute Gasteiger partial charge is 0.273 e. The van der Waals surface area contributed by atoms with E-state index >= 15 is 0 Å². The van der Waals surface area contributed by atoms with Crippen LogP contribution in [-0.4, -0.2) is 30.6 Å². The number of aromatic nitrogens is 5. The zero-order valence-corrected chi connectivity index (χ0v) is 15.4. The Morgan fingerprint density at radius 3 is 2.71 bits per heavy atom. The number of benzene rings is 1. The number of amides is 1. The van der Waals surface area contributed by atoms with Crippen molar-refractivity contribution in [3.8, 4) is 11.4 Å². The summed E-state index contributed by atoms with van der Waals surface area (Å²) in [5.41, 5.74) is 2.49. The molecule has 140 valence electrons. The molecule has 0 unspecified atom stereocenters. The summed E-state index contributed by atoms with van der Waals surface area (Å²) < 4.78 is 1.56. The molecule has 3 aromatic heterocycles. The van der Waals surface area contributed by atoms with Gasteiger partial charge in [-0.2, -0.15) is 5.10 Å². The molecule has 0 aliphatic rings. The van der Waals surface area contributed by atoms with Crippen LogP contribution in [0.4, 0.5) is 5.69 Å². The van der Waals surface area contributed by atoms with Gasteiger partial charge in [-0.1, -0.05) is 6.07 Å². The van der Waals surface area contributed by atoms with Crippen LogP contribution in [0, 0.1) is 0 Å². The fraction of sp³-hybridized carbons (Fsp3) is 0.150. The Bertz CT molecular complexity index is 1210. The predicted molar refractivity (Wildman–Crippen MR) is 106 cm³/mol. The van der Waals surface area contributed by atoms with E-state index in [0.29, 0.717) is 33.7 Å². The number of nitrogens with zero attached hydrogens (tertiary/aromatic N) is 4. The molecule has 0 saturated carbocycles. The summed E-state index contributed by atoms with van der Waals surface area (Å²) in [6, 6.07) is 12.2. The summed E-state index contributed by atoms with van der Waals surface area (Å²) in [6.45, 7) is 3.83. The van der Waals surface area contributed by atoms with Crippen molar-refractivity contribution in [3.05, 3.63) is 71.0 Å². The fourth-order valence-electron chi connectivity index (χ4n) is 2.86. The van der Waals surface area contributed by atoms with E-state index in [1.807, 2.05) is 32.0 Å². The lowest BCUT2D eigenvalue weighted by atomic mass is 10.2. The summed E-state index contributed by atoms with van der Waals surface area (Å²) in [5, 5.41) is 10.1. The average Bonchev–Trinajstić information content (AvgIpc) is 3.19. The Morgan fingerprint density at radius 2 is 1.96 bits per heavy atom. The van der Waals surface area contributed by atoms with Crippen molar-refractivity contribution in [1.29, 1.82) is 0 Å². The van der Waals surface area contributed by atoms with Gasteiger partial charge in [-0.05, 0) is 50.2 Å². The van der Waals surface area contributed by atoms with Crippen LogP contribution in [-0.2, 0) is 0 Å². The van der Waals surface area contributed by atoms with Crippen LogP contribution in [0.2, 0.25) is 0 Å². The molecule has 0 atom stereocenters. The van der Waals surface area contributed by atoms with E-state index in [0.717, 1.165) is 0 Å². The Balaban J connectivity index is 1.61. The molecule has 4 aromatic rings. The topological polar surface area (TPSA) is 106 Å². The van der Waals surface area contributed by atoms with Gasteiger partial charge in [-0.3, -0.25) is 24.2 Å². The molecule has 1 amide bonds. The minimum Gasteiger partial charge on any atom is -0.321 e. The molecule has 0 bridgehead atoms. The highest BCUT2D eigenvalue weighted by Gasteiger charge is 2.13. The maximum Gasteiger partial charge on any atom is 0.273 e. The molecule has 0 saturated heterocycles. The molecule has 1 aromatic carbocycles. The number of nitrogens with one attached hydrogen (secondary N) is 2. The lowest BCUT2D eigenvalue weighted by Gasteiger charge is -2.10. The predicted octanol–water partition coefficient (Wildman–Crippen LogP) is 3.01. The number of carbonyl (C=O) groups is 1. The number of carbonyl (C=O) groups excluding carboxylic acids is 1. The van der Waals surface area contributed by atoms with E-state index < -0.39 is 0 Å². The molecule has 0 aliphatic heterocycles. The van der Waals surface area contributed by atoms with Crippen molar-refractivity contribution in [2.75, 3.05) is 5.32 Å². The summed E-state index contributed by atoms with van der Waals surface area (Å²) >= 11 is 0. The minimum atomic E-state index is -0.359. The first kappa shape index (κ1) is 17.6. The van der Waals surface area contributed by atoms with Gasteiger partial charge in [0.1, 0.15) is 11.4 Å². The quantitative estimate of drug-likeness (QED) is 0.571. The SMILES string of the molecule is CC(C)n1cnc2ccc(NC(=O)c3cc(-c4ccccn4)n[nH]3)cc2c1=O. The number of H-pyrrole nitrogens is 1. The number of rotatable bonds is 4. The summed E-state index contributed by atoms with van der Waals surface area (Å²) in [6.07, 6.45) is 3.20. The number of fused-ring (bicyclic) bond motifs is 1. The molecular formula is C20H18N6O2. The molecule has 0 radical (unpaired) electrons. The Kier molecular flexibility index (Phi) is 4.44. The fourth-order valence-corrected chi connectivity index (χ4v) is 2.86. The largest absolute Gasteiger partial charge is 0.321 e. The normalized spacial score (nSPS) is 11.1. The van der Waals surface area contributed by atoms with Gasteiger partial charge in [-0.25, -0.2) is 4.98 Å². The third-order valence-corrected chi connectivity index (χ3v) is 4.35. The monoisotopic (exact) mass is 374 g/mol. The highest BCUT2D eigenvalue weighted by molar-refractivity contribution is 6.04. The average molecular weight is 374 g/mol. The highest BCUT2D eigenvalue weighted by atomic mass is 16.2. The molecule has 4 rings (SSSR count). The van der Waals surface area contributed by atoms with Crippen molar-refractivity contribution >= 4 is 22.5 Å². The van der Waals surface area contributed by atoms with Crippen LogP contribution >= 0.6 is 0 Å². The maximum absolute atomic E-state index is 12.6. The van der Waals surface area contributed by atoms with E-state index in [1.165, 1.54) is 6.33 Å². The van der Waals surface area contributed by atoms with Crippen molar-refractivity contribution in [3.63, 3.8) is 0 Å². The van der Waals surface area contributed by atoms with Gasteiger partial charge >= 0.3 is 0 Å². The standard InChI is InChI=1S/C20H18N6O2/c1-12(2)26-11-22-15-7-6-13(9-14(15)20(26)28)23-19(27)18-10-17(24-25-18)16-5-3-4-8-21-16/h3-12H,1-2H3,(H,23,27)(H,24,25). The van der Waals surface area contributed by atoms with Crippen molar-refractivity contribution in [2.24, 2.45) is 0 Å². The van der Waals surface area contributed by atoms with Gasteiger partial charge < -0.3 is 5.32 Å². The lowest BCUT2D eigenvalue weighted by molar-refractivity contribution is 0.102. The van der Waals surface area contributed by atoms with Crippen LogP contribution in [0.15, 0.2) is 59.8 Å². The van der Waals surface area contributed by atoms with Crippen LogP contribution in [0.1, 0.15) is 30.4 Å². The van der Waals surface area contributed by atoms with Crippen molar-refractivity contribution in [1.82, 2.24) is 24.7 Å². The molecule has 0 fully saturated rings. The van der Waals surface area contributed by atoms with Gasteiger partial charge in [0.2, 0.25) is 0 Å². The van der Waals surface area contributed by atoms with Crippen molar-refractivity contribution in [2.45, 2.75) is 19.9 Å². The van der Waals surface area contributed by atoms with Crippen LogP contribution < -0.4 is 10.9 Å². The Morgan fingerprint density at radius 1 is 1.11 bits per heavy atom. The second kappa shape index (κ2) is 7.07. The van der Waals surface area contributed by atoms with Gasteiger partial charge in [-0.15, -0.1) is 0 Å². The molecule has 8 heteroatoms. The van der Waals surface area contributed by atoms with Crippen LogP contribution in [0.5, 0.6) is 0 Å². The van der Waals surface area contributed by atoms with E-state index in [1.54, 1.807) is 35.0 Å². The summed E-state index contributed by atoms with van der Waals surface area (Å²) in [7, 11) is 0. The zero-order chi connectivity index (χ0) is 19.7. The number of aromatic amines is 1. The van der Waals surface area contributed by atoms with E-state index in [4.69, 9.17) is 0 Å². The Labute approximate surface area is 160 Å². The molecule has 0 spiro atoms. The number of anilines is 1. The first-order valence-corrected chi connectivity index (χ1v) is 8.82. The minimum absolute atomic E-state index is 0.00217. The van der Waals surface area contributed by atoms with Gasteiger partial charge in [0.15, 0.2) is 0 Å². The third kappa shape index (κ3) is 3.27. The highest BCUT2D eigenvalue weighted by Crippen LogP contribution is 2.18. The summed E-state index contributed by atoms with van der Waals surface area (Å²) in [5.74, 6) is -0.359. The van der Waals surface area contributed by atoms with Gasteiger partial charge in [0, 0.05) is 17.9 Å².